The molecular formula is C13H8ClN5O. The summed E-state index contributed by atoms with van der Waals surface area (Å²) >= 11 is 5.99. The number of furan rings is 1. The molecule has 4 aromatic heterocycles. The Bertz CT molecular complexity index is 942. The van der Waals surface area contributed by atoms with Gasteiger partial charge in [-0.3, -0.25) is 0 Å². The van der Waals surface area contributed by atoms with Crippen LogP contribution in [-0.2, 0) is 0 Å². The normalized spacial score (nSPS) is 11.4. The van der Waals surface area contributed by atoms with E-state index in [2.05, 4.69) is 19.9 Å². The highest BCUT2D eigenvalue weighted by molar-refractivity contribution is 6.31. The van der Waals surface area contributed by atoms with Crippen LogP contribution in [-0.4, -0.2) is 19.9 Å². The minimum absolute atomic E-state index is 0.305. The molecule has 4 aromatic rings. The first-order valence-corrected chi connectivity index (χ1v) is 6.24. The lowest BCUT2D eigenvalue weighted by Crippen LogP contribution is -1.95. The fourth-order valence-electron chi connectivity index (χ4n) is 2.17. The maximum Gasteiger partial charge on any atom is 0.194 e. The summed E-state index contributed by atoms with van der Waals surface area (Å²) in [6.07, 6.45) is 4.90. The first kappa shape index (κ1) is 11.2. The molecule has 3 N–H and O–H groups in total. The monoisotopic (exact) mass is 285 g/mol. The molecule has 20 heavy (non-hydrogen) atoms. The van der Waals surface area contributed by atoms with Crippen molar-refractivity contribution in [1.82, 2.24) is 19.9 Å². The highest BCUT2D eigenvalue weighted by Gasteiger charge is 2.14. The number of pyridine rings is 1. The average Bonchev–Trinajstić information content (AvgIpc) is 3.04. The smallest absolute Gasteiger partial charge is 0.194 e. The number of hydrogen-bond acceptors (Lipinski definition) is 5. The van der Waals surface area contributed by atoms with E-state index >= 15 is 0 Å². The zero-order valence-corrected chi connectivity index (χ0v) is 10.8. The van der Waals surface area contributed by atoms with Gasteiger partial charge in [-0.25, -0.2) is 15.0 Å². The molecule has 0 fully saturated rings. The number of hydrogen-bond donors (Lipinski definition) is 2. The molecule has 0 radical (unpaired) electrons. The third-order valence-corrected chi connectivity index (χ3v) is 3.28. The Morgan fingerprint density at radius 1 is 1.30 bits per heavy atom. The lowest BCUT2D eigenvalue weighted by Gasteiger charge is -2.00. The summed E-state index contributed by atoms with van der Waals surface area (Å²) in [5.74, 6) is 0.811. The van der Waals surface area contributed by atoms with Crippen molar-refractivity contribution in [2.75, 3.05) is 5.73 Å². The Labute approximate surface area is 117 Å². The van der Waals surface area contributed by atoms with E-state index in [9.17, 15) is 0 Å². The number of rotatable bonds is 1. The van der Waals surface area contributed by atoms with Crippen molar-refractivity contribution in [3.05, 3.63) is 35.8 Å². The van der Waals surface area contributed by atoms with Crippen LogP contribution in [0.5, 0.6) is 0 Å². The van der Waals surface area contributed by atoms with Crippen molar-refractivity contribution in [3.8, 4) is 11.4 Å². The first-order chi connectivity index (χ1) is 9.72. The fourth-order valence-corrected chi connectivity index (χ4v) is 2.33. The van der Waals surface area contributed by atoms with Gasteiger partial charge in [0.15, 0.2) is 17.2 Å². The summed E-state index contributed by atoms with van der Waals surface area (Å²) in [7, 11) is 0. The minimum Gasteiger partial charge on any atom is -0.459 e. The van der Waals surface area contributed by atoms with E-state index in [1.807, 2.05) is 6.07 Å². The van der Waals surface area contributed by atoms with Crippen LogP contribution in [0.1, 0.15) is 0 Å². The van der Waals surface area contributed by atoms with Crippen LogP contribution < -0.4 is 5.73 Å². The number of nitrogens with two attached hydrogens (primary N) is 1. The molecule has 98 valence electrons. The summed E-state index contributed by atoms with van der Waals surface area (Å²) in [5.41, 5.74) is 8.56. The van der Waals surface area contributed by atoms with E-state index in [0.717, 1.165) is 16.6 Å². The molecule has 0 atom stereocenters. The predicted molar refractivity (Wildman–Crippen MR) is 76.3 cm³/mol. The van der Waals surface area contributed by atoms with Crippen LogP contribution in [0.2, 0.25) is 5.02 Å². The summed E-state index contributed by atoms with van der Waals surface area (Å²) < 4.78 is 5.24. The second-order valence-corrected chi connectivity index (χ2v) is 4.76. The van der Waals surface area contributed by atoms with Gasteiger partial charge >= 0.3 is 0 Å². The SMILES string of the molecule is Nc1nc(-c2c[nH]c3ncc(Cl)cc23)nc2ccoc12. The molecule has 0 saturated carbocycles. The Morgan fingerprint density at radius 2 is 2.20 bits per heavy atom. The number of fused-ring (bicyclic) bond motifs is 2. The summed E-state index contributed by atoms with van der Waals surface area (Å²) in [6.45, 7) is 0. The van der Waals surface area contributed by atoms with Crippen LogP contribution in [0, 0.1) is 0 Å². The van der Waals surface area contributed by atoms with E-state index < -0.39 is 0 Å². The van der Waals surface area contributed by atoms with Gasteiger partial charge in [0.1, 0.15) is 11.2 Å². The number of halogens is 1. The molecule has 0 amide bonds. The predicted octanol–water partition coefficient (Wildman–Crippen LogP) is 3.00. The van der Waals surface area contributed by atoms with Gasteiger partial charge in [0.25, 0.3) is 0 Å². The molecule has 0 aliphatic rings. The average molecular weight is 286 g/mol. The zero-order chi connectivity index (χ0) is 13.7. The van der Waals surface area contributed by atoms with Crippen LogP contribution in [0.4, 0.5) is 5.82 Å². The second-order valence-electron chi connectivity index (χ2n) is 4.32. The number of aromatic nitrogens is 4. The molecule has 0 aromatic carbocycles. The lowest BCUT2D eigenvalue weighted by molar-refractivity contribution is 0.615. The first-order valence-electron chi connectivity index (χ1n) is 5.86. The Kier molecular flexibility index (Phi) is 2.22. The van der Waals surface area contributed by atoms with Crippen LogP contribution in [0.15, 0.2) is 35.2 Å². The number of nitrogens with zero attached hydrogens (tertiary/aromatic N) is 3. The molecule has 7 heteroatoms. The minimum atomic E-state index is 0.305. The molecule has 4 rings (SSSR count). The van der Waals surface area contributed by atoms with Crippen molar-refractivity contribution >= 4 is 39.6 Å². The number of H-pyrrole nitrogens is 1. The highest BCUT2D eigenvalue weighted by atomic mass is 35.5. The molecule has 0 bridgehead atoms. The van der Waals surface area contributed by atoms with Gasteiger partial charge in [-0.1, -0.05) is 11.6 Å². The maximum absolute atomic E-state index is 5.99. The van der Waals surface area contributed by atoms with Gasteiger partial charge in [-0.15, -0.1) is 0 Å². The van der Waals surface area contributed by atoms with Crippen molar-refractivity contribution in [2.45, 2.75) is 0 Å². The molecule has 0 saturated heterocycles. The van der Waals surface area contributed by atoms with E-state index in [-0.39, 0.29) is 0 Å². The number of anilines is 1. The number of aromatic amines is 1. The van der Waals surface area contributed by atoms with E-state index in [4.69, 9.17) is 21.8 Å². The third-order valence-electron chi connectivity index (χ3n) is 3.07. The van der Waals surface area contributed by atoms with Crippen molar-refractivity contribution < 1.29 is 4.42 Å². The Balaban J connectivity index is 2.03. The standard InChI is InChI=1S/C13H8ClN5O/c14-6-3-7-8(5-17-12(7)16-4-6)13-18-9-1-2-20-10(9)11(15)19-13/h1-5H,(H,16,17)(H2,15,18,19). The molecule has 0 aliphatic heterocycles. The maximum atomic E-state index is 5.99. The van der Waals surface area contributed by atoms with Gasteiger partial charge in [0.2, 0.25) is 0 Å². The summed E-state index contributed by atoms with van der Waals surface area (Å²) in [5, 5.41) is 1.40. The van der Waals surface area contributed by atoms with E-state index in [0.29, 0.717) is 27.8 Å². The van der Waals surface area contributed by atoms with Crippen molar-refractivity contribution in [1.29, 1.82) is 0 Å². The lowest BCUT2D eigenvalue weighted by atomic mass is 10.2. The molecule has 0 unspecified atom stereocenters. The summed E-state index contributed by atoms with van der Waals surface area (Å²) in [4.78, 5) is 16.0. The molecular weight excluding hydrogens is 278 g/mol. The van der Waals surface area contributed by atoms with E-state index in [1.165, 1.54) is 6.26 Å². The van der Waals surface area contributed by atoms with Crippen LogP contribution in [0.3, 0.4) is 0 Å². The summed E-state index contributed by atoms with van der Waals surface area (Å²) in [6, 6.07) is 3.56. The fraction of sp³-hybridized carbons (Fsp3) is 0. The molecule has 0 aliphatic carbocycles. The molecule has 4 heterocycles. The van der Waals surface area contributed by atoms with Crippen molar-refractivity contribution in [2.24, 2.45) is 0 Å². The quantitative estimate of drug-likeness (QED) is 0.561. The third kappa shape index (κ3) is 1.55. The highest BCUT2D eigenvalue weighted by Crippen LogP contribution is 2.29. The number of nitrogen functional groups attached to an aromatic ring is 1. The van der Waals surface area contributed by atoms with Gasteiger partial charge in [-0.2, -0.15) is 0 Å². The van der Waals surface area contributed by atoms with E-state index in [1.54, 1.807) is 18.5 Å². The van der Waals surface area contributed by atoms with Gasteiger partial charge in [0, 0.05) is 29.4 Å². The molecule has 0 spiro atoms. The molecule has 6 nitrogen and oxygen atoms in total. The number of nitrogens with one attached hydrogen (secondary N) is 1. The zero-order valence-electron chi connectivity index (χ0n) is 10.1. The van der Waals surface area contributed by atoms with Gasteiger partial charge in [0.05, 0.1) is 11.3 Å². The van der Waals surface area contributed by atoms with Crippen molar-refractivity contribution in [3.63, 3.8) is 0 Å². The Hall–Kier alpha value is -2.60. The van der Waals surface area contributed by atoms with Crippen LogP contribution in [0.25, 0.3) is 33.5 Å². The topological polar surface area (TPSA) is 93.6 Å². The van der Waals surface area contributed by atoms with Gasteiger partial charge < -0.3 is 15.1 Å². The second kappa shape index (κ2) is 3.94. The van der Waals surface area contributed by atoms with Gasteiger partial charge in [-0.05, 0) is 6.07 Å². The Morgan fingerprint density at radius 3 is 3.10 bits per heavy atom. The van der Waals surface area contributed by atoms with Crippen LogP contribution >= 0.6 is 11.6 Å². The largest absolute Gasteiger partial charge is 0.459 e.